The lowest BCUT2D eigenvalue weighted by molar-refractivity contribution is 0.862. The molecular formula is C16H16N2OS. The maximum Gasteiger partial charge on any atom is 0.259 e. The molecule has 0 saturated heterocycles. The molecule has 0 aliphatic carbocycles. The lowest BCUT2D eigenvalue weighted by Crippen LogP contribution is -2.12. The molecule has 102 valence electrons. The highest BCUT2D eigenvalue weighted by Gasteiger charge is 2.11. The van der Waals surface area contributed by atoms with Crippen molar-refractivity contribution in [2.45, 2.75) is 26.7 Å². The maximum absolute atomic E-state index is 12.2. The summed E-state index contributed by atoms with van der Waals surface area (Å²) in [6.45, 7) is 4.01. The molecule has 0 aliphatic rings. The number of rotatable bonds is 3. The van der Waals surface area contributed by atoms with Gasteiger partial charge in [0.25, 0.3) is 5.56 Å². The van der Waals surface area contributed by atoms with Crippen LogP contribution in [0.3, 0.4) is 0 Å². The van der Waals surface area contributed by atoms with E-state index in [9.17, 15) is 4.79 Å². The SMILES string of the molecule is Cc1sc2nc(CCc3ccccc3)[nH]c(=O)c2c1C. The number of fused-ring (bicyclic) bond motifs is 1. The standard InChI is InChI=1S/C16H16N2OS/c1-10-11(2)20-16-14(10)15(19)17-13(18-16)9-8-12-6-4-3-5-7-12/h3-7H,8-9H2,1-2H3,(H,17,18,19). The topological polar surface area (TPSA) is 45.8 Å². The third-order valence-corrected chi connectivity index (χ3v) is 4.68. The van der Waals surface area contributed by atoms with E-state index in [-0.39, 0.29) is 5.56 Å². The van der Waals surface area contributed by atoms with Crippen molar-refractivity contribution >= 4 is 21.6 Å². The molecular weight excluding hydrogens is 268 g/mol. The molecule has 2 heterocycles. The third-order valence-electron chi connectivity index (χ3n) is 3.58. The van der Waals surface area contributed by atoms with Crippen LogP contribution < -0.4 is 5.56 Å². The van der Waals surface area contributed by atoms with Gasteiger partial charge in [0, 0.05) is 11.3 Å². The van der Waals surface area contributed by atoms with Crippen LogP contribution in [0.4, 0.5) is 0 Å². The zero-order chi connectivity index (χ0) is 14.1. The van der Waals surface area contributed by atoms with E-state index < -0.39 is 0 Å². The van der Waals surface area contributed by atoms with Crippen LogP contribution in [0.5, 0.6) is 0 Å². The number of aryl methyl sites for hydroxylation is 4. The van der Waals surface area contributed by atoms with Crippen LogP contribution in [0.15, 0.2) is 35.1 Å². The van der Waals surface area contributed by atoms with Crippen LogP contribution in [0, 0.1) is 13.8 Å². The van der Waals surface area contributed by atoms with E-state index in [1.165, 1.54) is 10.4 Å². The summed E-state index contributed by atoms with van der Waals surface area (Å²) in [6, 6.07) is 10.3. The van der Waals surface area contributed by atoms with E-state index in [2.05, 4.69) is 22.1 Å². The van der Waals surface area contributed by atoms with Gasteiger partial charge in [0.15, 0.2) is 0 Å². The van der Waals surface area contributed by atoms with E-state index in [4.69, 9.17) is 0 Å². The molecule has 1 N–H and O–H groups in total. The molecule has 1 aromatic carbocycles. The molecule has 4 heteroatoms. The van der Waals surface area contributed by atoms with E-state index in [0.717, 1.165) is 34.4 Å². The van der Waals surface area contributed by atoms with Crippen molar-refractivity contribution in [1.29, 1.82) is 0 Å². The first kappa shape index (κ1) is 13.1. The minimum absolute atomic E-state index is 0.0140. The summed E-state index contributed by atoms with van der Waals surface area (Å²) in [5, 5.41) is 0.746. The fraction of sp³-hybridized carbons (Fsp3) is 0.250. The molecule has 3 rings (SSSR count). The fourth-order valence-electron chi connectivity index (χ4n) is 2.33. The molecule has 0 spiro atoms. The van der Waals surface area contributed by atoms with Gasteiger partial charge in [0.05, 0.1) is 5.39 Å². The highest BCUT2D eigenvalue weighted by Crippen LogP contribution is 2.25. The Kier molecular flexibility index (Phi) is 3.40. The zero-order valence-corrected chi connectivity index (χ0v) is 12.4. The van der Waals surface area contributed by atoms with Crippen LogP contribution in [-0.4, -0.2) is 9.97 Å². The van der Waals surface area contributed by atoms with Gasteiger partial charge in [-0.1, -0.05) is 30.3 Å². The van der Waals surface area contributed by atoms with Crippen molar-refractivity contribution in [3.05, 3.63) is 62.5 Å². The van der Waals surface area contributed by atoms with E-state index in [1.807, 2.05) is 32.0 Å². The number of nitrogens with zero attached hydrogens (tertiary/aromatic N) is 1. The number of nitrogens with one attached hydrogen (secondary N) is 1. The fourth-order valence-corrected chi connectivity index (χ4v) is 3.37. The molecule has 3 aromatic rings. The van der Waals surface area contributed by atoms with Gasteiger partial charge in [-0.3, -0.25) is 4.79 Å². The molecule has 0 fully saturated rings. The maximum atomic E-state index is 12.2. The van der Waals surface area contributed by atoms with Crippen molar-refractivity contribution in [3.8, 4) is 0 Å². The number of hydrogen-bond acceptors (Lipinski definition) is 3. The second kappa shape index (κ2) is 5.21. The first-order chi connectivity index (χ1) is 9.65. The molecule has 0 aliphatic heterocycles. The summed E-state index contributed by atoms with van der Waals surface area (Å²) in [6.07, 6.45) is 1.64. The Balaban J connectivity index is 1.91. The number of aromatic amines is 1. The first-order valence-electron chi connectivity index (χ1n) is 6.68. The van der Waals surface area contributed by atoms with E-state index in [1.54, 1.807) is 11.3 Å². The predicted octanol–water partition coefficient (Wildman–Crippen LogP) is 3.39. The number of benzene rings is 1. The van der Waals surface area contributed by atoms with Crippen LogP contribution in [-0.2, 0) is 12.8 Å². The molecule has 0 atom stereocenters. The second-order valence-electron chi connectivity index (χ2n) is 4.96. The zero-order valence-electron chi connectivity index (χ0n) is 11.6. The average Bonchev–Trinajstić information content (AvgIpc) is 2.73. The van der Waals surface area contributed by atoms with Crippen LogP contribution >= 0.6 is 11.3 Å². The minimum Gasteiger partial charge on any atom is -0.310 e. The van der Waals surface area contributed by atoms with Gasteiger partial charge >= 0.3 is 0 Å². The van der Waals surface area contributed by atoms with Crippen LogP contribution in [0.2, 0.25) is 0 Å². The van der Waals surface area contributed by atoms with Gasteiger partial charge in [-0.15, -0.1) is 11.3 Å². The Labute approximate surface area is 121 Å². The molecule has 0 unspecified atom stereocenters. The third kappa shape index (κ3) is 2.39. The molecule has 2 aromatic heterocycles. The van der Waals surface area contributed by atoms with Crippen molar-refractivity contribution in [1.82, 2.24) is 9.97 Å². The smallest absolute Gasteiger partial charge is 0.259 e. The van der Waals surface area contributed by atoms with Gasteiger partial charge in [-0.2, -0.15) is 0 Å². The van der Waals surface area contributed by atoms with Gasteiger partial charge in [0.1, 0.15) is 10.7 Å². The number of H-pyrrole nitrogens is 1. The average molecular weight is 284 g/mol. The van der Waals surface area contributed by atoms with Crippen LogP contribution in [0.25, 0.3) is 10.2 Å². The van der Waals surface area contributed by atoms with E-state index >= 15 is 0 Å². The van der Waals surface area contributed by atoms with Gasteiger partial charge in [-0.25, -0.2) is 4.98 Å². The van der Waals surface area contributed by atoms with Crippen molar-refractivity contribution in [2.24, 2.45) is 0 Å². The largest absolute Gasteiger partial charge is 0.310 e. The van der Waals surface area contributed by atoms with Crippen molar-refractivity contribution in [2.75, 3.05) is 0 Å². The van der Waals surface area contributed by atoms with Crippen LogP contribution in [0.1, 0.15) is 21.8 Å². The molecule has 0 radical (unpaired) electrons. The second-order valence-corrected chi connectivity index (χ2v) is 6.16. The predicted molar refractivity (Wildman–Crippen MR) is 83.6 cm³/mol. The number of thiophene rings is 1. The highest BCUT2D eigenvalue weighted by molar-refractivity contribution is 7.18. The number of aromatic nitrogens is 2. The summed E-state index contributed by atoms with van der Waals surface area (Å²) < 4.78 is 0. The lowest BCUT2D eigenvalue weighted by atomic mass is 10.1. The molecule has 0 amide bonds. The lowest BCUT2D eigenvalue weighted by Gasteiger charge is -2.02. The quantitative estimate of drug-likeness (QED) is 0.801. The van der Waals surface area contributed by atoms with E-state index in [0.29, 0.717) is 0 Å². The van der Waals surface area contributed by atoms with Gasteiger partial charge in [-0.05, 0) is 31.4 Å². The Hall–Kier alpha value is -1.94. The molecule has 20 heavy (non-hydrogen) atoms. The normalized spacial score (nSPS) is 11.1. The summed E-state index contributed by atoms with van der Waals surface area (Å²) in [7, 11) is 0. The molecule has 0 saturated carbocycles. The summed E-state index contributed by atoms with van der Waals surface area (Å²) >= 11 is 1.60. The number of hydrogen-bond donors (Lipinski definition) is 1. The molecule has 0 bridgehead atoms. The van der Waals surface area contributed by atoms with Gasteiger partial charge < -0.3 is 4.98 Å². The monoisotopic (exact) mass is 284 g/mol. The Bertz CT molecular complexity index is 802. The Morgan fingerprint density at radius 2 is 1.90 bits per heavy atom. The molecule has 3 nitrogen and oxygen atoms in total. The van der Waals surface area contributed by atoms with Crippen molar-refractivity contribution in [3.63, 3.8) is 0 Å². The summed E-state index contributed by atoms with van der Waals surface area (Å²) in [5.74, 6) is 0.771. The van der Waals surface area contributed by atoms with Crippen molar-refractivity contribution < 1.29 is 0 Å². The summed E-state index contributed by atoms with van der Waals surface area (Å²) in [4.78, 5) is 21.7. The Morgan fingerprint density at radius 1 is 1.15 bits per heavy atom. The first-order valence-corrected chi connectivity index (χ1v) is 7.49. The van der Waals surface area contributed by atoms with Gasteiger partial charge in [0.2, 0.25) is 0 Å². The minimum atomic E-state index is -0.0140. The summed E-state index contributed by atoms with van der Waals surface area (Å²) in [5.41, 5.74) is 2.29. The Morgan fingerprint density at radius 3 is 2.65 bits per heavy atom. The highest BCUT2D eigenvalue weighted by atomic mass is 32.1.